The molecule has 1 amide bonds. The normalized spacial score (nSPS) is 13.7. The van der Waals surface area contributed by atoms with E-state index in [-0.39, 0.29) is 10.8 Å². The van der Waals surface area contributed by atoms with Gasteiger partial charge in [0.25, 0.3) is 5.91 Å². The lowest BCUT2D eigenvalue weighted by molar-refractivity contribution is 0.0733. The van der Waals surface area contributed by atoms with Gasteiger partial charge in [0, 0.05) is 47.9 Å². The largest absolute Gasteiger partial charge is 0.491 e. The van der Waals surface area contributed by atoms with E-state index in [1.807, 2.05) is 67.7 Å². The molecule has 3 aromatic carbocycles. The zero-order valence-corrected chi connectivity index (χ0v) is 22.2. The van der Waals surface area contributed by atoms with Crippen molar-refractivity contribution in [2.45, 2.75) is 11.4 Å². The minimum atomic E-state index is -3.64. The lowest BCUT2D eigenvalue weighted by Crippen LogP contribution is -2.33. The summed E-state index contributed by atoms with van der Waals surface area (Å²) in [5.74, 6) is 0.576. The van der Waals surface area contributed by atoms with Crippen molar-refractivity contribution in [3.05, 3.63) is 90.1 Å². The summed E-state index contributed by atoms with van der Waals surface area (Å²) >= 11 is 0. The number of benzene rings is 3. The Hall–Kier alpha value is -3.79. The van der Waals surface area contributed by atoms with Gasteiger partial charge in [-0.25, -0.2) is 13.1 Å². The number of nitrogens with one attached hydrogen (secondary N) is 1. The number of fused-ring (bicyclic) bond motifs is 2. The molecule has 38 heavy (non-hydrogen) atoms. The Labute approximate surface area is 222 Å². The van der Waals surface area contributed by atoms with Crippen molar-refractivity contribution in [1.29, 1.82) is 0 Å². The third-order valence-electron chi connectivity index (χ3n) is 6.51. The monoisotopic (exact) mass is 530 g/mol. The van der Waals surface area contributed by atoms with E-state index in [9.17, 15) is 13.2 Å². The van der Waals surface area contributed by atoms with Crippen LogP contribution in [0.4, 0.5) is 0 Å². The highest BCUT2D eigenvalue weighted by Crippen LogP contribution is 2.30. The first kappa shape index (κ1) is 25.8. The van der Waals surface area contributed by atoms with Gasteiger partial charge in [-0.1, -0.05) is 24.3 Å². The lowest BCUT2D eigenvalue weighted by Gasteiger charge is -2.20. The van der Waals surface area contributed by atoms with E-state index >= 15 is 0 Å². The molecule has 0 fully saturated rings. The lowest BCUT2D eigenvalue weighted by atomic mass is 10.0. The van der Waals surface area contributed by atoms with Crippen molar-refractivity contribution in [3.8, 4) is 16.9 Å². The van der Waals surface area contributed by atoms with Crippen molar-refractivity contribution in [1.82, 2.24) is 19.5 Å². The average molecular weight is 531 g/mol. The Kier molecular flexibility index (Phi) is 7.42. The topological polar surface area (TPSA) is 91.8 Å². The van der Waals surface area contributed by atoms with Gasteiger partial charge in [0.05, 0.1) is 17.0 Å². The van der Waals surface area contributed by atoms with Crippen molar-refractivity contribution in [2.24, 2.45) is 0 Å². The molecule has 9 heteroatoms. The number of pyridine rings is 1. The van der Waals surface area contributed by atoms with Gasteiger partial charge in [-0.15, -0.1) is 0 Å². The van der Waals surface area contributed by atoms with Crippen LogP contribution in [0, 0.1) is 0 Å². The SMILES string of the molecule is CN(C)CCNS(=O)(=O)c1ccc(C(=O)N2CCOc3ccc(-c4cnc5ccccc5c4)cc3C2)cc1. The maximum Gasteiger partial charge on any atom is 0.254 e. The standard InChI is InChI=1S/C29H30N4O4S/c1-32(2)14-13-31-38(35,36)26-10-7-21(8-11-26)29(34)33-15-16-37-28-12-9-22(17-25(28)20-33)24-18-23-5-3-4-6-27(23)30-19-24/h3-12,17-19,31H,13-16,20H2,1-2H3. The second-order valence-corrected chi connectivity index (χ2v) is 11.3. The maximum absolute atomic E-state index is 13.4. The molecular weight excluding hydrogens is 500 g/mol. The molecule has 0 bridgehead atoms. The second kappa shape index (κ2) is 10.9. The molecule has 0 atom stereocenters. The minimum absolute atomic E-state index is 0.131. The van der Waals surface area contributed by atoms with Gasteiger partial charge in [0.15, 0.2) is 0 Å². The number of rotatable bonds is 7. The molecule has 0 saturated heterocycles. The van der Waals surface area contributed by atoms with Crippen LogP contribution in [0.2, 0.25) is 0 Å². The van der Waals surface area contributed by atoms with Crippen LogP contribution in [0.1, 0.15) is 15.9 Å². The number of sulfonamides is 1. The molecule has 0 spiro atoms. The van der Waals surface area contributed by atoms with Gasteiger partial charge < -0.3 is 14.5 Å². The van der Waals surface area contributed by atoms with Crippen LogP contribution in [0.3, 0.4) is 0 Å². The third kappa shape index (κ3) is 5.70. The highest BCUT2D eigenvalue weighted by Gasteiger charge is 2.22. The summed E-state index contributed by atoms with van der Waals surface area (Å²) < 4.78 is 33.6. The number of hydrogen-bond donors (Lipinski definition) is 1. The minimum Gasteiger partial charge on any atom is -0.491 e. The van der Waals surface area contributed by atoms with Gasteiger partial charge in [0.1, 0.15) is 12.4 Å². The number of hydrogen-bond acceptors (Lipinski definition) is 6. The second-order valence-electron chi connectivity index (χ2n) is 9.54. The predicted octanol–water partition coefficient (Wildman–Crippen LogP) is 3.78. The molecule has 1 aromatic heterocycles. The Bertz CT molecular complexity index is 1570. The molecule has 4 aromatic rings. The van der Waals surface area contributed by atoms with E-state index in [4.69, 9.17) is 4.74 Å². The molecule has 1 aliphatic heterocycles. The zero-order valence-electron chi connectivity index (χ0n) is 21.4. The van der Waals surface area contributed by atoms with E-state index in [2.05, 4.69) is 15.8 Å². The Morgan fingerprint density at radius 1 is 1.03 bits per heavy atom. The number of para-hydroxylation sites is 1. The molecule has 8 nitrogen and oxygen atoms in total. The summed E-state index contributed by atoms with van der Waals surface area (Å²) in [5.41, 5.74) is 4.26. The van der Waals surface area contributed by atoms with Crippen molar-refractivity contribution < 1.29 is 17.9 Å². The van der Waals surface area contributed by atoms with Crippen LogP contribution in [-0.2, 0) is 16.6 Å². The first-order valence-corrected chi connectivity index (χ1v) is 13.9. The third-order valence-corrected chi connectivity index (χ3v) is 7.99. The van der Waals surface area contributed by atoms with E-state index in [1.54, 1.807) is 17.0 Å². The summed E-state index contributed by atoms with van der Waals surface area (Å²) in [5, 5.41) is 1.06. The van der Waals surface area contributed by atoms with E-state index in [0.29, 0.717) is 38.3 Å². The number of carbonyl (C=O) groups excluding carboxylic acids is 1. The summed E-state index contributed by atoms with van der Waals surface area (Å²) in [6.45, 7) is 2.08. The fraction of sp³-hybridized carbons (Fsp3) is 0.241. The summed E-state index contributed by atoms with van der Waals surface area (Å²) in [7, 11) is 0.114. The Morgan fingerprint density at radius 2 is 1.82 bits per heavy atom. The molecular formula is C29H30N4O4S. The first-order chi connectivity index (χ1) is 18.3. The molecule has 2 heterocycles. The van der Waals surface area contributed by atoms with E-state index < -0.39 is 10.0 Å². The van der Waals surface area contributed by atoms with Gasteiger partial charge in [-0.3, -0.25) is 9.78 Å². The van der Waals surface area contributed by atoms with E-state index in [1.165, 1.54) is 12.1 Å². The molecule has 1 aliphatic rings. The van der Waals surface area contributed by atoms with Gasteiger partial charge in [-0.05, 0) is 68.2 Å². The molecule has 5 rings (SSSR count). The molecule has 0 aliphatic carbocycles. The van der Waals surface area contributed by atoms with Crippen LogP contribution in [-0.4, -0.2) is 69.4 Å². The molecule has 1 N–H and O–H groups in total. The number of carbonyl (C=O) groups is 1. The predicted molar refractivity (Wildman–Crippen MR) is 148 cm³/mol. The zero-order chi connectivity index (χ0) is 26.7. The number of likely N-dealkylation sites (N-methyl/N-ethyl adjacent to an activating group) is 1. The molecule has 0 saturated carbocycles. The maximum atomic E-state index is 13.4. The first-order valence-electron chi connectivity index (χ1n) is 12.4. The number of nitrogens with zero attached hydrogens (tertiary/aromatic N) is 3. The Morgan fingerprint density at radius 3 is 2.61 bits per heavy atom. The van der Waals surface area contributed by atoms with Gasteiger partial charge >= 0.3 is 0 Å². The molecule has 0 unspecified atom stereocenters. The van der Waals surface area contributed by atoms with Crippen LogP contribution in [0.5, 0.6) is 5.75 Å². The fourth-order valence-electron chi connectivity index (χ4n) is 4.42. The van der Waals surface area contributed by atoms with Crippen LogP contribution < -0.4 is 9.46 Å². The average Bonchev–Trinajstić information content (AvgIpc) is 3.14. The van der Waals surface area contributed by atoms with E-state index in [0.717, 1.165) is 33.3 Å². The van der Waals surface area contributed by atoms with Crippen LogP contribution in [0.25, 0.3) is 22.0 Å². The number of ether oxygens (including phenoxy) is 1. The highest BCUT2D eigenvalue weighted by molar-refractivity contribution is 7.89. The fourth-order valence-corrected chi connectivity index (χ4v) is 5.44. The highest BCUT2D eigenvalue weighted by atomic mass is 32.2. The quantitative estimate of drug-likeness (QED) is 0.391. The molecule has 196 valence electrons. The van der Waals surface area contributed by atoms with Gasteiger partial charge in [0.2, 0.25) is 10.0 Å². The summed E-state index contributed by atoms with van der Waals surface area (Å²) in [6.07, 6.45) is 1.86. The van der Waals surface area contributed by atoms with Crippen molar-refractivity contribution in [3.63, 3.8) is 0 Å². The van der Waals surface area contributed by atoms with Gasteiger partial charge in [-0.2, -0.15) is 0 Å². The summed E-state index contributed by atoms with van der Waals surface area (Å²) in [6, 6.07) is 22.1. The van der Waals surface area contributed by atoms with Crippen LogP contribution >= 0.6 is 0 Å². The smallest absolute Gasteiger partial charge is 0.254 e. The number of aromatic nitrogens is 1. The molecule has 0 radical (unpaired) electrons. The van der Waals surface area contributed by atoms with Crippen LogP contribution in [0.15, 0.2) is 83.9 Å². The van der Waals surface area contributed by atoms with Crippen molar-refractivity contribution >= 4 is 26.8 Å². The Balaban J connectivity index is 1.33. The number of amides is 1. The summed E-state index contributed by atoms with van der Waals surface area (Å²) in [4.78, 5) is 21.7. The van der Waals surface area contributed by atoms with Crippen molar-refractivity contribution in [2.75, 3.05) is 40.3 Å².